The first-order valence-corrected chi connectivity index (χ1v) is 6.42. The number of nitrogens with two attached hydrogens (primary N) is 1. The zero-order chi connectivity index (χ0) is 14.0. The summed E-state index contributed by atoms with van der Waals surface area (Å²) in [6.07, 6.45) is 0. The van der Waals surface area contributed by atoms with Crippen molar-refractivity contribution in [3.8, 4) is 0 Å². The van der Waals surface area contributed by atoms with E-state index in [1.807, 2.05) is 6.92 Å². The molecule has 0 aromatic heterocycles. The molecule has 0 unspecified atom stereocenters. The maximum atomic E-state index is 10.9. The van der Waals surface area contributed by atoms with Crippen LogP contribution in [0.5, 0.6) is 0 Å². The standard InChI is InChI=1S/C13H20N4O2/c1-10-3-4-12(17(18)19)13(14)11(10)9-16-7-5-15(2)6-8-16/h3-4H,5-9,14H2,1-2H3. The summed E-state index contributed by atoms with van der Waals surface area (Å²) in [6.45, 7) is 6.62. The van der Waals surface area contributed by atoms with E-state index in [2.05, 4.69) is 16.8 Å². The predicted molar refractivity (Wildman–Crippen MR) is 75.0 cm³/mol. The summed E-state index contributed by atoms with van der Waals surface area (Å²) in [7, 11) is 2.10. The summed E-state index contributed by atoms with van der Waals surface area (Å²) in [5, 5.41) is 10.9. The molecule has 1 heterocycles. The highest BCUT2D eigenvalue weighted by atomic mass is 16.6. The maximum absolute atomic E-state index is 10.9. The second kappa shape index (κ2) is 5.54. The summed E-state index contributed by atoms with van der Waals surface area (Å²) in [5.74, 6) is 0. The molecule has 0 bridgehead atoms. The Morgan fingerprint density at radius 1 is 1.32 bits per heavy atom. The van der Waals surface area contributed by atoms with Crippen LogP contribution in [-0.2, 0) is 6.54 Å². The normalized spacial score (nSPS) is 17.6. The molecule has 1 aliphatic heterocycles. The van der Waals surface area contributed by atoms with Crippen LogP contribution in [0.25, 0.3) is 0 Å². The van der Waals surface area contributed by atoms with E-state index in [-0.39, 0.29) is 5.69 Å². The Morgan fingerprint density at radius 2 is 1.95 bits per heavy atom. The van der Waals surface area contributed by atoms with Crippen LogP contribution in [-0.4, -0.2) is 47.9 Å². The summed E-state index contributed by atoms with van der Waals surface area (Å²) in [4.78, 5) is 15.1. The first-order valence-electron chi connectivity index (χ1n) is 6.42. The summed E-state index contributed by atoms with van der Waals surface area (Å²) < 4.78 is 0. The fourth-order valence-electron chi connectivity index (χ4n) is 2.36. The number of nitro benzene ring substituents is 1. The smallest absolute Gasteiger partial charge is 0.292 e. The molecule has 1 saturated heterocycles. The van der Waals surface area contributed by atoms with Crippen LogP contribution in [0.1, 0.15) is 11.1 Å². The van der Waals surface area contributed by atoms with Gasteiger partial charge in [-0.25, -0.2) is 0 Å². The monoisotopic (exact) mass is 264 g/mol. The number of nitrogens with zero attached hydrogens (tertiary/aromatic N) is 3. The minimum Gasteiger partial charge on any atom is -0.393 e. The van der Waals surface area contributed by atoms with E-state index in [0.717, 1.165) is 37.3 Å². The number of aryl methyl sites for hydroxylation is 1. The number of hydrogen-bond donors (Lipinski definition) is 1. The van der Waals surface area contributed by atoms with Crippen molar-refractivity contribution in [1.29, 1.82) is 0 Å². The molecule has 2 N–H and O–H groups in total. The molecule has 1 aromatic carbocycles. The van der Waals surface area contributed by atoms with Gasteiger partial charge in [0, 0.05) is 38.8 Å². The van der Waals surface area contributed by atoms with Crippen molar-refractivity contribution in [1.82, 2.24) is 9.80 Å². The minimum absolute atomic E-state index is 0.00901. The Kier molecular flexibility index (Phi) is 4.01. The van der Waals surface area contributed by atoms with Crippen molar-refractivity contribution in [2.75, 3.05) is 39.0 Å². The molecule has 0 radical (unpaired) electrons. The van der Waals surface area contributed by atoms with Crippen LogP contribution in [0.15, 0.2) is 12.1 Å². The largest absolute Gasteiger partial charge is 0.393 e. The van der Waals surface area contributed by atoms with Gasteiger partial charge in [-0.15, -0.1) is 0 Å². The van der Waals surface area contributed by atoms with Gasteiger partial charge in [0.05, 0.1) is 4.92 Å². The molecule has 2 rings (SSSR count). The SMILES string of the molecule is Cc1ccc([N+](=O)[O-])c(N)c1CN1CCN(C)CC1. The van der Waals surface area contributed by atoms with Gasteiger partial charge in [0.15, 0.2) is 0 Å². The van der Waals surface area contributed by atoms with Crippen molar-refractivity contribution < 1.29 is 4.92 Å². The third-order valence-corrected chi connectivity index (χ3v) is 3.74. The Hall–Kier alpha value is -1.66. The Morgan fingerprint density at radius 3 is 2.53 bits per heavy atom. The number of nitrogen functional groups attached to an aromatic ring is 1. The number of nitro groups is 1. The lowest BCUT2D eigenvalue weighted by atomic mass is 10.0. The van der Waals surface area contributed by atoms with Gasteiger partial charge in [-0.2, -0.15) is 0 Å². The first kappa shape index (κ1) is 13.8. The van der Waals surface area contributed by atoms with Crippen LogP contribution in [0.2, 0.25) is 0 Å². The van der Waals surface area contributed by atoms with Gasteiger partial charge in [0.25, 0.3) is 5.69 Å². The number of hydrogen-bond acceptors (Lipinski definition) is 5. The lowest BCUT2D eigenvalue weighted by Gasteiger charge is -2.32. The highest BCUT2D eigenvalue weighted by Crippen LogP contribution is 2.29. The van der Waals surface area contributed by atoms with E-state index >= 15 is 0 Å². The fraction of sp³-hybridized carbons (Fsp3) is 0.538. The van der Waals surface area contributed by atoms with Gasteiger partial charge in [-0.3, -0.25) is 15.0 Å². The van der Waals surface area contributed by atoms with E-state index < -0.39 is 4.92 Å². The van der Waals surface area contributed by atoms with Gasteiger partial charge >= 0.3 is 0 Å². The van der Waals surface area contributed by atoms with Crippen LogP contribution in [0, 0.1) is 17.0 Å². The highest BCUT2D eigenvalue weighted by Gasteiger charge is 2.20. The second-order valence-electron chi connectivity index (χ2n) is 5.13. The van der Waals surface area contributed by atoms with Gasteiger partial charge < -0.3 is 10.6 Å². The molecule has 1 aliphatic rings. The second-order valence-corrected chi connectivity index (χ2v) is 5.13. The number of rotatable bonds is 3. The number of likely N-dealkylation sites (N-methyl/N-ethyl adjacent to an activating group) is 1. The lowest BCUT2D eigenvalue weighted by molar-refractivity contribution is -0.384. The Labute approximate surface area is 112 Å². The number of piperazine rings is 1. The summed E-state index contributed by atoms with van der Waals surface area (Å²) >= 11 is 0. The third kappa shape index (κ3) is 3.02. The van der Waals surface area contributed by atoms with Crippen LogP contribution in [0.3, 0.4) is 0 Å². The molecular weight excluding hydrogens is 244 g/mol. The van der Waals surface area contributed by atoms with Crippen molar-refractivity contribution in [3.63, 3.8) is 0 Å². The van der Waals surface area contributed by atoms with Crippen LogP contribution >= 0.6 is 0 Å². The van der Waals surface area contributed by atoms with Crippen molar-refractivity contribution in [3.05, 3.63) is 33.4 Å². The van der Waals surface area contributed by atoms with Gasteiger partial charge in [0.2, 0.25) is 0 Å². The van der Waals surface area contributed by atoms with Crippen LogP contribution < -0.4 is 5.73 Å². The van der Waals surface area contributed by atoms with E-state index in [9.17, 15) is 10.1 Å². The molecule has 0 atom stereocenters. The average molecular weight is 264 g/mol. The van der Waals surface area contributed by atoms with Crippen molar-refractivity contribution in [2.24, 2.45) is 0 Å². The van der Waals surface area contributed by atoms with Crippen molar-refractivity contribution in [2.45, 2.75) is 13.5 Å². The molecule has 0 amide bonds. The van der Waals surface area contributed by atoms with Gasteiger partial charge in [-0.1, -0.05) is 6.07 Å². The highest BCUT2D eigenvalue weighted by molar-refractivity contribution is 5.65. The Balaban J connectivity index is 2.20. The topological polar surface area (TPSA) is 75.6 Å². The molecule has 6 nitrogen and oxygen atoms in total. The van der Waals surface area contributed by atoms with Crippen LogP contribution in [0.4, 0.5) is 11.4 Å². The molecule has 19 heavy (non-hydrogen) atoms. The van der Waals surface area contributed by atoms with E-state index in [1.165, 1.54) is 6.07 Å². The third-order valence-electron chi connectivity index (χ3n) is 3.74. The molecule has 1 aromatic rings. The fourth-order valence-corrected chi connectivity index (χ4v) is 2.36. The average Bonchev–Trinajstić information content (AvgIpc) is 2.36. The summed E-state index contributed by atoms with van der Waals surface area (Å²) in [5.41, 5.74) is 8.17. The minimum atomic E-state index is -0.414. The predicted octanol–water partition coefficient (Wildman–Crippen LogP) is 1.23. The van der Waals surface area contributed by atoms with E-state index in [1.54, 1.807) is 6.07 Å². The molecular formula is C13H20N4O2. The number of anilines is 1. The molecule has 0 spiro atoms. The molecule has 0 saturated carbocycles. The van der Waals surface area contributed by atoms with Gasteiger partial charge in [0.1, 0.15) is 5.69 Å². The first-order chi connectivity index (χ1) is 8.99. The quantitative estimate of drug-likeness (QED) is 0.505. The lowest BCUT2D eigenvalue weighted by Crippen LogP contribution is -2.44. The summed E-state index contributed by atoms with van der Waals surface area (Å²) in [6, 6.07) is 3.26. The van der Waals surface area contributed by atoms with E-state index in [0.29, 0.717) is 12.2 Å². The van der Waals surface area contributed by atoms with E-state index in [4.69, 9.17) is 5.73 Å². The molecule has 1 fully saturated rings. The molecule has 6 heteroatoms. The maximum Gasteiger partial charge on any atom is 0.292 e. The van der Waals surface area contributed by atoms with Crippen molar-refractivity contribution >= 4 is 11.4 Å². The zero-order valence-corrected chi connectivity index (χ0v) is 11.4. The zero-order valence-electron chi connectivity index (χ0n) is 11.4. The molecule has 104 valence electrons. The van der Waals surface area contributed by atoms with Gasteiger partial charge in [-0.05, 0) is 25.1 Å². The molecule has 0 aliphatic carbocycles. The number of benzene rings is 1. The Bertz CT molecular complexity index is 482.